The Kier molecular flexibility index (Phi) is 16.9. The molecule has 0 aliphatic rings. The average Bonchev–Trinajstić information content (AvgIpc) is 2.69. The number of carbonyl (C=O) groups is 4. The summed E-state index contributed by atoms with van der Waals surface area (Å²) in [6, 6.07) is -2.76. The minimum atomic E-state index is -1.05. The zero-order chi connectivity index (χ0) is 22.8. The Labute approximate surface area is 186 Å². The second kappa shape index (κ2) is 18.0. The Bertz CT molecular complexity index is 493. The van der Waals surface area contributed by atoms with Gasteiger partial charge in [0.25, 0.3) is 0 Å². The molecule has 0 aromatic rings. The van der Waals surface area contributed by atoms with Crippen LogP contribution in [0.15, 0.2) is 0 Å². The number of carbonyl (C=O) groups excluding carboxylic acids is 2. The molecule has 0 aliphatic heterocycles. The maximum Gasteiger partial charge on any atom is 0.326 e. The number of unbranched alkanes of at least 4 members (excludes halogenated alkanes) is 3. The van der Waals surface area contributed by atoms with Gasteiger partial charge in [-0.05, 0) is 49.7 Å². The van der Waals surface area contributed by atoms with Crippen LogP contribution in [-0.4, -0.2) is 83.4 Å². The standard InChI is InChI=1S/C18H34N4O6S2/c1-29-11-7-13(15(23)24)21-17(27)19-9-5-3-4-6-10-20-18(28)22-14(16(25)26)8-12-30-2/h13-14H,3-12H2,1-2H3,(H,23,24)(H,25,26)(H2,19,21,27)(H2,20,22,28)/t13-,14+. The predicted molar refractivity (Wildman–Crippen MR) is 120 cm³/mol. The Morgan fingerprint density at radius 3 is 1.37 bits per heavy atom. The highest BCUT2D eigenvalue weighted by Gasteiger charge is 2.19. The third kappa shape index (κ3) is 15.1. The summed E-state index contributed by atoms with van der Waals surface area (Å²) in [6.45, 7) is 0.870. The van der Waals surface area contributed by atoms with Gasteiger partial charge in [-0.1, -0.05) is 12.8 Å². The molecule has 174 valence electrons. The minimum absolute atomic E-state index is 0.370. The van der Waals surface area contributed by atoms with Crippen LogP contribution in [0.3, 0.4) is 0 Å². The Morgan fingerprint density at radius 1 is 0.700 bits per heavy atom. The van der Waals surface area contributed by atoms with E-state index in [0.29, 0.717) is 37.4 Å². The van der Waals surface area contributed by atoms with E-state index in [1.165, 1.54) is 23.5 Å². The van der Waals surface area contributed by atoms with Crippen molar-refractivity contribution < 1.29 is 29.4 Å². The lowest BCUT2D eigenvalue weighted by Gasteiger charge is -2.15. The van der Waals surface area contributed by atoms with E-state index in [1.54, 1.807) is 0 Å². The van der Waals surface area contributed by atoms with Crippen LogP contribution in [0.25, 0.3) is 0 Å². The molecule has 0 unspecified atom stereocenters. The molecule has 0 fully saturated rings. The molecule has 12 heteroatoms. The summed E-state index contributed by atoms with van der Waals surface area (Å²) in [5.41, 5.74) is 0. The van der Waals surface area contributed by atoms with Crippen LogP contribution < -0.4 is 21.3 Å². The Balaban J connectivity index is 3.79. The van der Waals surface area contributed by atoms with Gasteiger partial charge in [-0.15, -0.1) is 0 Å². The summed E-state index contributed by atoms with van der Waals surface area (Å²) in [5, 5.41) is 28.3. The fourth-order valence-electron chi connectivity index (χ4n) is 2.41. The first-order valence-electron chi connectivity index (χ1n) is 9.84. The monoisotopic (exact) mass is 466 g/mol. The van der Waals surface area contributed by atoms with Crippen molar-refractivity contribution in [3.05, 3.63) is 0 Å². The van der Waals surface area contributed by atoms with Crippen LogP contribution in [0, 0.1) is 0 Å². The molecule has 0 saturated carbocycles. The third-order valence-corrected chi connectivity index (χ3v) is 5.39. The smallest absolute Gasteiger partial charge is 0.326 e. The number of aliphatic carboxylic acids is 2. The van der Waals surface area contributed by atoms with Gasteiger partial charge in [0.2, 0.25) is 0 Å². The van der Waals surface area contributed by atoms with E-state index in [2.05, 4.69) is 21.3 Å². The lowest BCUT2D eigenvalue weighted by Crippen LogP contribution is -2.46. The summed E-state index contributed by atoms with van der Waals surface area (Å²) in [4.78, 5) is 45.7. The van der Waals surface area contributed by atoms with Crippen LogP contribution in [-0.2, 0) is 9.59 Å². The highest BCUT2D eigenvalue weighted by Crippen LogP contribution is 2.02. The number of rotatable bonds is 17. The summed E-state index contributed by atoms with van der Waals surface area (Å²) in [6.07, 6.45) is 7.63. The van der Waals surface area contributed by atoms with Crippen LogP contribution in [0.5, 0.6) is 0 Å². The molecule has 6 N–H and O–H groups in total. The van der Waals surface area contributed by atoms with Crippen LogP contribution >= 0.6 is 23.5 Å². The van der Waals surface area contributed by atoms with Crippen molar-refractivity contribution >= 4 is 47.5 Å². The topological polar surface area (TPSA) is 157 Å². The molecule has 0 bridgehead atoms. The molecule has 0 saturated heterocycles. The van der Waals surface area contributed by atoms with Crippen LogP contribution in [0.2, 0.25) is 0 Å². The predicted octanol–water partition coefficient (Wildman–Crippen LogP) is 1.56. The molecular weight excluding hydrogens is 432 g/mol. The normalized spacial score (nSPS) is 12.5. The molecule has 2 atom stereocenters. The zero-order valence-electron chi connectivity index (χ0n) is 17.6. The van der Waals surface area contributed by atoms with Gasteiger partial charge >= 0.3 is 24.0 Å². The lowest BCUT2D eigenvalue weighted by atomic mass is 10.2. The highest BCUT2D eigenvalue weighted by molar-refractivity contribution is 7.98. The van der Waals surface area contributed by atoms with Crippen molar-refractivity contribution in [3.8, 4) is 0 Å². The van der Waals surface area contributed by atoms with E-state index >= 15 is 0 Å². The van der Waals surface area contributed by atoms with Gasteiger partial charge < -0.3 is 31.5 Å². The van der Waals surface area contributed by atoms with Crippen molar-refractivity contribution in [2.24, 2.45) is 0 Å². The van der Waals surface area contributed by atoms with Gasteiger partial charge in [-0.25, -0.2) is 19.2 Å². The van der Waals surface area contributed by atoms with Crippen molar-refractivity contribution in [1.82, 2.24) is 21.3 Å². The number of amides is 4. The molecule has 10 nitrogen and oxygen atoms in total. The molecule has 0 radical (unpaired) electrons. The van der Waals surface area contributed by atoms with Gasteiger partial charge in [0, 0.05) is 13.1 Å². The van der Waals surface area contributed by atoms with E-state index in [0.717, 1.165) is 25.7 Å². The van der Waals surface area contributed by atoms with E-state index < -0.39 is 36.1 Å². The largest absolute Gasteiger partial charge is 0.480 e. The van der Waals surface area contributed by atoms with Gasteiger partial charge in [-0.3, -0.25) is 0 Å². The molecule has 0 aliphatic carbocycles. The quantitative estimate of drug-likeness (QED) is 0.176. The van der Waals surface area contributed by atoms with E-state index in [1.807, 2.05) is 12.5 Å². The zero-order valence-corrected chi connectivity index (χ0v) is 19.2. The SMILES string of the molecule is CSCC[C@H](NC(=O)NCCCCCCNC(=O)N[C@H](CCSC)C(=O)O)C(=O)O. The molecule has 0 heterocycles. The molecule has 0 rings (SSSR count). The first-order chi connectivity index (χ1) is 14.3. The van der Waals surface area contributed by atoms with E-state index in [4.69, 9.17) is 10.2 Å². The van der Waals surface area contributed by atoms with Crippen molar-refractivity contribution in [1.29, 1.82) is 0 Å². The summed E-state index contributed by atoms with van der Waals surface area (Å²) < 4.78 is 0. The Hall–Kier alpha value is -1.82. The number of carboxylic acid groups (broad SMARTS) is 2. The molecule has 0 aromatic carbocycles. The first-order valence-corrected chi connectivity index (χ1v) is 12.6. The third-order valence-electron chi connectivity index (χ3n) is 4.10. The maximum atomic E-state index is 11.7. The highest BCUT2D eigenvalue weighted by atomic mass is 32.2. The van der Waals surface area contributed by atoms with Gasteiger partial charge in [0.05, 0.1) is 0 Å². The number of urea groups is 2. The fraction of sp³-hybridized carbons (Fsp3) is 0.778. The average molecular weight is 467 g/mol. The molecular formula is C18H34N4O6S2. The summed E-state index contributed by atoms with van der Waals surface area (Å²) in [7, 11) is 0. The van der Waals surface area contributed by atoms with E-state index in [9.17, 15) is 19.2 Å². The number of nitrogens with one attached hydrogen (secondary N) is 4. The number of carboxylic acids is 2. The second-order valence-electron chi connectivity index (χ2n) is 6.56. The van der Waals surface area contributed by atoms with Gasteiger partial charge in [0.1, 0.15) is 12.1 Å². The number of hydrogen-bond donors (Lipinski definition) is 6. The fourth-order valence-corrected chi connectivity index (χ4v) is 3.35. The summed E-state index contributed by atoms with van der Waals surface area (Å²) >= 11 is 3.04. The molecule has 4 amide bonds. The first kappa shape index (κ1) is 28.2. The lowest BCUT2D eigenvalue weighted by molar-refractivity contribution is -0.140. The second-order valence-corrected chi connectivity index (χ2v) is 8.53. The maximum absolute atomic E-state index is 11.7. The molecule has 0 aromatic heterocycles. The van der Waals surface area contributed by atoms with Gasteiger partial charge in [0.15, 0.2) is 0 Å². The van der Waals surface area contributed by atoms with Crippen molar-refractivity contribution in [2.75, 3.05) is 37.1 Å². The van der Waals surface area contributed by atoms with Gasteiger partial charge in [-0.2, -0.15) is 23.5 Å². The van der Waals surface area contributed by atoms with Crippen molar-refractivity contribution in [3.63, 3.8) is 0 Å². The number of thioether (sulfide) groups is 2. The Morgan fingerprint density at radius 2 is 1.07 bits per heavy atom. The van der Waals surface area contributed by atoms with Crippen LogP contribution in [0.1, 0.15) is 38.5 Å². The molecule has 0 spiro atoms. The minimum Gasteiger partial charge on any atom is -0.480 e. The molecule has 30 heavy (non-hydrogen) atoms. The van der Waals surface area contributed by atoms with Crippen molar-refractivity contribution in [2.45, 2.75) is 50.6 Å². The van der Waals surface area contributed by atoms with E-state index in [-0.39, 0.29) is 0 Å². The number of hydrogen-bond acceptors (Lipinski definition) is 6. The summed E-state index contributed by atoms with van der Waals surface area (Å²) in [5.74, 6) is -0.791. The van der Waals surface area contributed by atoms with Crippen LogP contribution in [0.4, 0.5) is 9.59 Å².